The molecule has 30 heavy (non-hydrogen) atoms. The molecule has 0 bridgehead atoms. The predicted molar refractivity (Wildman–Crippen MR) is 116 cm³/mol. The predicted octanol–water partition coefficient (Wildman–Crippen LogP) is 3.30. The molecule has 1 fully saturated rings. The molecule has 1 amide bonds. The van der Waals surface area contributed by atoms with E-state index in [0.717, 1.165) is 28.6 Å². The lowest BCUT2D eigenvalue weighted by Crippen LogP contribution is -2.39. The third-order valence-corrected chi connectivity index (χ3v) is 6.33. The molecule has 0 aromatic heterocycles. The average molecular weight is 428 g/mol. The highest BCUT2D eigenvalue weighted by Gasteiger charge is 2.32. The number of nitrogens with zero attached hydrogens (tertiary/aromatic N) is 2. The van der Waals surface area contributed by atoms with Gasteiger partial charge in [-0.3, -0.25) is 14.6 Å². The fourth-order valence-electron chi connectivity index (χ4n) is 3.70. The maximum Gasteiger partial charge on any atom is 0.340 e. The molecule has 0 atom stereocenters. The number of hydrogen-bond donors (Lipinski definition) is 1. The molecule has 0 aliphatic carbocycles. The number of rotatable bonds is 5. The lowest BCUT2D eigenvalue weighted by atomic mass is 10.1. The number of anilines is 3. The monoisotopic (exact) mass is 427 g/mol. The van der Waals surface area contributed by atoms with Crippen molar-refractivity contribution in [2.45, 2.75) is 23.1 Å². The van der Waals surface area contributed by atoms with Crippen LogP contribution in [0.5, 0.6) is 0 Å². The van der Waals surface area contributed by atoms with E-state index in [-0.39, 0.29) is 23.8 Å². The summed E-state index contributed by atoms with van der Waals surface area (Å²) < 4.78 is 10.5. The summed E-state index contributed by atoms with van der Waals surface area (Å²) in [4.78, 5) is 31.5. The molecule has 0 spiro atoms. The quantitative estimate of drug-likeness (QED) is 0.579. The first kappa shape index (κ1) is 20.7. The van der Waals surface area contributed by atoms with Crippen molar-refractivity contribution < 1.29 is 19.1 Å². The molecule has 2 aliphatic heterocycles. The van der Waals surface area contributed by atoms with Crippen LogP contribution in [0.15, 0.2) is 46.2 Å². The van der Waals surface area contributed by atoms with Gasteiger partial charge in [0.05, 0.1) is 42.4 Å². The Hall–Kier alpha value is -2.55. The zero-order valence-corrected chi connectivity index (χ0v) is 17.7. The largest absolute Gasteiger partial charge is 0.462 e. The zero-order valence-electron chi connectivity index (χ0n) is 16.9. The minimum absolute atomic E-state index is 0.0526. The molecule has 2 aliphatic rings. The number of benzene rings is 2. The maximum absolute atomic E-state index is 13.4. The highest BCUT2D eigenvalue weighted by atomic mass is 32.2. The van der Waals surface area contributed by atoms with Gasteiger partial charge in [-0.1, -0.05) is 23.9 Å². The number of nitrogen functional groups attached to an aromatic ring is 1. The van der Waals surface area contributed by atoms with E-state index in [4.69, 9.17) is 15.2 Å². The van der Waals surface area contributed by atoms with Gasteiger partial charge in [-0.05, 0) is 31.2 Å². The van der Waals surface area contributed by atoms with E-state index in [9.17, 15) is 9.59 Å². The summed E-state index contributed by atoms with van der Waals surface area (Å²) in [7, 11) is 0. The fourth-order valence-corrected chi connectivity index (χ4v) is 4.79. The van der Waals surface area contributed by atoms with E-state index in [1.807, 2.05) is 30.3 Å². The smallest absolute Gasteiger partial charge is 0.340 e. The van der Waals surface area contributed by atoms with E-state index in [0.29, 0.717) is 31.9 Å². The third kappa shape index (κ3) is 4.03. The molecule has 2 aromatic carbocycles. The van der Waals surface area contributed by atoms with E-state index < -0.39 is 5.97 Å². The van der Waals surface area contributed by atoms with Gasteiger partial charge in [0.1, 0.15) is 0 Å². The maximum atomic E-state index is 13.4. The molecular weight excluding hydrogens is 402 g/mol. The Balaban J connectivity index is 1.69. The number of nitrogens with two attached hydrogens (primary N) is 1. The van der Waals surface area contributed by atoms with Crippen LogP contribution in [0.25, 0.3) is 0 Å². The van der Waals surface area contributed by atoms with Gasteiger partial charge in [0, 0.05) is 35.8 Å². The Morgan fingerprint density at radius 3 is 2.67 bits per heavy atom. The van der Waals surface area contributed by atoms with E-state index in [1.165, 1.54) is 0 Å². The summed E-state index contributed by atoms with van der Waals surface area (Å²) in [5, 5.41) is 0. The van der Waals surface area contributed by atoms with Gasteiger partial charge < -0.3 is 15.2 Å². The van der Waals surface area contributed by atoms with Crippen molar-refractivity contribution in [3.05, 3.63) is 42.0 Å². The number of carbonyl (C=O) groups is 2. The standard InChI is InChI=1S/C22H25N3O4S/c1-2-29-22(27)15-7-8-18-21(20(15)23)25(16-5-3-4-6-17(16)30-18)19(26)9-10-24-11-13-28-14-12-24/h3-8H,2,9-14,23H2,1H3. The van der Waals surface area contributed by atoms with Crippen LogP contribution in [-0.4, -0.2) is 56.2 Å². The summed E-state index contributed by atoms with van der Waals surface area (Å²) in [6.07, 6.45) is 0.349. The minimum Gasteiger partial charge on any atom is -0.462 e. The van der Waals surface area contributed by atoms with Crippen molar-refractivity contribution in [2.24, 2.45) is 0 Å². The lowest BCUT2D eigenvalue weighted by molar-refractivity contribution is -0.118. The van der Waals surface area contributed by atoms with Crippen LogP contribution in [0.3, 0.4) is 0 Å². The Morgan fingerprint density at radius 1 is 1.13 bits per heavy atom. The number of para-hydroxylation sites is 1. The molecule has 2 N–H and O–H groups in total. The van der Waals surface area contributed by atoms with Gasteiger partial charge >= 0.3 is 5.97 Å². The molecule has 0 radical (unpaired) electrons. The van der Waals surface area contributed by atoms with E-state index in [1.54, 1.807) is 29.7 Å². The molecule has 2 heterocycles. The Bertz CT molecular complexity index is 959. The number of hydrogen-bond acceptors (Lipinski definition) is 7. The summed E-state index contributed by atoms with van der Waals surface area (Å²) in [6, 6.07) is 11.3. The number of esters is 1. The van der Waals surface area contributed by atoms with Gasteiger partial charge in [0.2, 0.25) is 5.91 Å². The van der Waals surface area contributed by atoms with Gasteiger partial charge in [0.25, 0.3) is 0 Å². The van der Waals surface area contributed by atoms with Crippen molar-refractivity contribution in [2.75, 3.05) is 50.1 Å². The lowest BCUT2D eigenvalue weighted by Gasteiger charge is -2.33. The van der Waals surface area contributed by atoms with Crippen LogP contribution in [0.2, 0.25) is 0 Å². The normalized spacial score (nSPS) is 16.0. The number of fused-ring (bicyclic) bond motifs is 2. The first-order valence-corrected chi connectivity index (χ1v) is 10.9. The zero-order chi connectivity index (χ0) is 21.1. The van der Waals surface area contributed by atoms with Crippen LogP contribution >= 0.6 is 11.8 Å². The molecule has 0 saturated carbocycles. The summed E-state index contributed by atoms with van der Waals surface area (Å²) in [5.41, 5.74) is 8.33. The minimum atomic E-state index is -0.484. The topological polar surface area (TPSA) is 85.1 Å². The first-order valence-electron chi connectivity index (χ1n) is 10.1. The molecule has 2 aromatic rings. The molecule has 0 unspecified atom stereocenters. The summed E-state index contributed by atoms with van der Waals surface area (Å²) in [6.45, 7) is 5.69. The summed E-state index contributed by atoms with van der Waals surface area (Å²) >= 11 is 1.54. The number of carbonyl (C=O) groups excluding carboxylic acids is 2. The van der Waals surface area contributed by atoms with E-state index in [2.05, 4.69) is 4.90 Å². The van der Waals surface area contributed by atoms with E-state index >= 15 is 0 Å². The summed E-state index contributed by atoms with van der Waals surface area (Å²) in [5.74, 6) is -0.537. The SMILES string of the molecule is CCOC(=O)c1ccc2c(c1N)N(C(=O)CCN1CCOCC1)c1ccccc1S2. The molecular formula is C22H25N3O4S. The van der Waals surface area contributed by atoms with Crippen LogP contribution in [0.1, 0.15) is 23.7 Å². The van der Waals surface area contributed by atoms with Crippen molar-refractivity contribution in [3.63, 3.8) is 0 Å². The van der Waals surface area contributed by atoms with Gasteiger partial charge in [-0.25, -0.2) is 4.79 Å². The average Bonchev–Trinajstić information content (AvgIpc) is 2.77. The number of amides is 1. The van der Waals surface area contributed by atoms with Crippen LogP contribution in [0, 0.1) is 0 Å². The highest BCUT2D eigenvalue weighted by Crippen LogP contribution is 2.51. The second-order valence-electron chi connectivity index (χ2n) is 7.10. The second-order valence-corrected chi connectivity index (χ2v) is 8.18. The molecule has 1 saturated heterocycles. The number of ether oxygens (including phenoxy) is 2. The highest BCUT2D eigenvalue weighted by molar-refractivity contribution is 7.99. The van der Waals surface area contributed by atoms with Crippen molar-refractivity contribution >= 4 is 40.7 Å². The molecule has 7 nitrogen and oxygen atoms in total. The van der Waals surface area contributed by atoms with Gasteiger partial charge in [0.15, 0.2) is 0 Å². The fraction of sp³-hybridized carbons (Fsp3) is 0.364. The second kappa shape index (κ2) is 9.07. The Kier molecular flexibility index (Phi) is 6.26. The van der Waals surface area contributed by atoms with Crippen molar-refractivity contribution in [3.8, 4) is 0 Å². The first-order chi connectivity index (χ1) is 14.6. The Labute approximate surface area is 180 Å². The third-order valence-electron chi connectivity index (χ3n) is 5.22. The van der Waals surface area contributed by atoms with Gasteiger partial charge in [-0.2, -0.15) is 0 Å². The molecule has 158 valence electrons. The van der Waals surface area contributed by atoms with Gasteiger partial charge in [-0.15, -0.1) is 0 Å². The number of morpholine rings is 1. The molecule has 8 heteroatoms. The van der Waals surface area contributed by atoms with Crippen LogP contribution < -0.4 is 10.6 Å². The van der Waals surface area contributed by atoms with Crippen molar-refractivity contribution in [1.29, 1.82) is 0 Å². The Morgan fingerprint density at radius 2 is 1.90 bits per heavy atom. The van der Waals surface area contributed by atoms with Crippen molar-refractivity contribution in [1.82, 2.24) is 4.90 Å². The van der Waals surface area contributed by atoms with Crippen LogP contribution in [0.4, 0.5) is 17.1 Å². The van der Waals surface area contributed by atoms with Crippen LogP contribution in [-0.2, 0) is 14.3 Å². The molecule has 4 rings (SSSR count).